The molecule has 1 heterocycles. The van der Waals surface area contributed by atoms with E-state index in [0.29, 0.717) is 6.04 Å². The summed E-state index contributed by atoms with van der Waals surface area (Å²) in [7, 11) is 2.10. The molecule has 2 fully saturated rings. The van der Waals surface area contributed by atoms with Gasteiger partial charge < -0.3 is 5.32 Å². The largest absolute Gasteiger partial charge is 0.319 e. The molecule has 21 heavy (non-hydrogen) atoms. The first-order chi connectivity index (χ1) is 10.1. The molecule has 1 saturated heterocycles. The lowest BCUT2D eigenvalue weighted by Crippen LogP contribution is -2.43. The van der Waals surface area contributed by atoms with E-state index in [-0.39, 0.29) is 0 Å². The first-order valence-corrected chi connectivity index (χ1v) is 8.60. The Morgan fingerprint density at radius 1 is 1.10 bits per heavy atom. The van der Waals surface area contributed by atoms with E-state index in [1.807, 2.05) is 0 Å². The first-order valence-electron chi connectivity index (χ1n) is 8.60. The molecule has 3 rings (SSSR count). The number of likely N-dealkylation sites (tertiary alicyclic amines) is 1. The van der Waals surface area contributed by atoms with Gasteiger partial charge in [-0.1, -0.05) is 17.7 Å². The van der Waals surface area contributed by atoms with Crippen molar-refractivity contribution in [2.45, 2.75) is 58.5 Å². The van der Waals surface area contributed by atoms with Crippen LogP contribution in [0, 0.1) is 26.7 Å². The molecule has 2 unspecified atom stereocenters. The summed E-state index contributed by atoms with van der Waals surface area (Å²) < 4.78 is 0. The number of rotatable bonds is 4. The van der Waals surface area contributed by atoms with Crippen molar-refractivity contribution in [2.75, 3.05) is 20.1 Å². The number of nitrogens with one attached hydrogen (secondary N) is 1. The summed E-state index contributed by atoms with van der Waals surface area (Å²) >= 11 is 0. The van der Waals surface area contributed by atoms with Crippen LogP contribution in [0.4, 0.5) is 0 Å². The fraction of sp³-hybridized carbons (Fsp3) is 0.684. The van der Waals surface area contributed by atoms with Crippen LogP contribution < -0.4 is 5.32 Å². The van der Waals surface area contributed by atoms with E-state index in [1.54, 1.807) is 5.56 Å². The minimum absolute atomic E-state index is 0.624. The molecule has 1 saturated carbocycles. The van der Waals surface area contributed by atoms with Gasteiger partial charge in [0.1, 0.15) is 0 Å². The Balaban J connectivity index is 2.00. The molecule has 0 spiro atoms. The molecule has 2 aliphatic rings. The van der Waals surface area contributed by atoms with E-state index < -0.39 is 0 Å². The van der Waals surface area contributed by atoms with Crippen molar-refractivity contribution in [3.05, 3.63) is 34.4 Å². The van der Waals surface area contributed by atoms with E-state index in [0.717, 1.165) is 18.5 Å². The number of nitrogens with zero attached hydrogens (tertiary/aromatic N) is 1. The van der Waals surface area contributed by atoms with Gasteiger partial charge in [-0.15, -0.1) is 0 Å². The van der Waals surface area contributed by atoms with Crippen molar-refractivity contribution in [1.82, 2.24) is 10.2 Å². The Morgan fingerprint density at radius 3 is 2.33 bits per heavy atom. The summed E-state index contributed by atoms with van der Waals surface area (Å²) in [5.41, 5.74) is 6.00. The van der Waals surface area contributed by atoms with Crippen LogP contribution in [0.1, 0.15) is 54.0 Å². The lowest BCUT2D eigenvalue weighted by Gasteiger charge is -2.43. The lowest BCUT2D eigenvalue weighted by molar-refractivity contribution is 0.0836. The Hall–Kier alpha value is -0.860. The molecule has 1 aromatic carbocycles. The summed E-state index contributed by atoms with van der Waals surface area (Å²) in [6, 6.07) is 6.23. The molecule has 2 nitrogen and oxygen atoms in total. The van der Waals surface area contributed by atoms with Crippen LogP contribution in [-0.2, 0) is 0 Å². The van der Waals surface area contributed by atoms with Gasteiger partial charge >= 0.3 is 0 Å². The van der Waals surface area contributed by atoms with E-state index in [2.05, 4.69) is 50.2 Å². The minimum Gasteiger partial charge on any atom is -0.319 e. The van der Waals surface area contributed by atoms with Gasteiger partial charge in [0.05, 0.1) is 0 Å². The molecule has 1 aliphatic heterocycles. The Morgan fingerprint density at radius 2 is 1.76 bits per heavy atom. The molecule has 1 N–H and O–H groups in total. The lowest BCUT2D eigenvalue weighted by atomic mass is 9.80. The van der Waals surface area contributed by atoms with Crippen LogP contribution in [0.2, 0.25) is 0 Å². The normalized spacial score (nSPS) is 27.0. The second kappa shape index (κ2) is 6.10. The summed E-state index contributed by atoms with van der Waals surface area (Å²) in [5, 5.41) is 3.44. The Labute approximate surface area is 129 Å². The standard InChI is InChI=1S/C19H30N2/c1-13-10-14(2)18(15(3)11-13)19-16(12-20-4)6-5-9-21(19)17-7-8-17/h10-11,16-17,19-20H,5-9,12H2,1-4H3. The van der Waals surface area contributed by atoms with Gasteiger partial charge in [-0.2, -0.15) is 0 Å². The van der Waals surface area contributed by atoms with E-state index in [4.69, 9.17) is 0 Å². The van der Waals surface area contributed by atoms with E-state index >= 15 is 0 Å². The zero-order valence-corrected chi connectivity index (χ0v) is 14.1. The highest BCUT2D eigenvalue weighted by molar-refractivity contribution is 5.40. The van der Waals surface area contributed by atoms with Crippen molar-refractivity contribution >= 4 is 0 Å². The highest BCUT2D eigenvalue weighted by atomic mass is 15.2. The molecule has 1 aromatic rings. The van der Waals surface area contributed by atoms with Crippen LogP contribution >= 0.6 is 0 Å². The average Bonchev–Trinajstić information content (AvgIpc) is 3.23. The van der Waals surface area contributed by atoms with Gasteiger partial charge in [-0.3, -0.25) is 4.90 Å². The molecule has 0 amide bonds. The van der Waals surface area contributed by atoms with Gasteiger partial charge in [0.25, 0.3) is 0 Å². The molecule has 0 bridgehead atoms. The van der Waals surface area contributed by atoms with Gasteiger partial charge in [-0.25, -0.2) is 0 Å². The van der Waals surface area contributed by atoms with Gasteiger partial charge in [0.15, 0.2) is 0 Å². The fourth-order valence-corrected chi connectivity index (χ4v) is 4.45. The Bertz CT molecular complexity index is 479. The molecular weight excluding hydrogens is 256 g/mol. The highest BCUT2D eigenvalue weighted by Crippen LogP contribution is 2.44. The van der Waals surface area contributed by atoms with Gasteiger partial charge in [0.2, 0.25) is 0 Å². The molecule has 1 aliphatic carbocycles. The maximum atomic E-state index is 3.44. The predicted molar refractivity (Wildman–Crippen MR) is 89.8 cm³/mol. The summed E-state index contributed by atoms with van der Waals surface area (Å²) in [6.07, 6.45) is 5.55. The topological polar surface area (TPSA) is 15.3 Å². The van der Waals surface area contributed by atoms with Crippen LogP contribution in [0.25, 0.3) is 0 Å². The fourth-order valence-electron chi connectivity index (χ4n) is 4.45. The molecule has 2 heteroatoms. The van der Waals surface area contributed by atoms with Gasteiger partial charge in [0, 0.05) is 12.1 Å². The number of hydrogen-bond donors (Lipinski definition) is 1. The monoisotopic (exact) mass is 286 g/mol. The summed E-state index contributed by atoms with van der Waals surface area (Å²) in [6.45, 7) is 9.27. The predicted octanol–water partition coefficient (Wildman–Crippen LogP) is 3.75. The van der Waals surface area contributed by atoms with Crippen molar-refractivity contribution in [1.29, 1.82) is 0 Å². The van der Waals surface area contributed by atoms with Crippen LogP contribution in [-0.4, -0.2) is 31.1 Å². The van der Waals surface area contributed by atoms with Gasteiger partial charge in [-0.05, 0) is 89.2 Å². The van der Waals surface area contributed by atoms with Crippen LogP contribution in [0.3, 0.4) is 0 Å². The maximum absolute atomic E-state index is 3.44. The Kier molecular flexibility index (Phi) is 4.37. The van der Waals surface area contributed by atoms with Crippen molar-refractivity contribution in [2.24, 2.45) is 5.92 Å². The quantitative estimate of drug-likeness (QED) is 0.907. The third-order valence-electron chi connectivity index (χ3n) is 5.31. The second-order valence-corrected chi connectivity index (χ2v) is 7.19. The van der Waals surface area contributed by atoms with Crippen LogP contribution in [0.5, 0.6) is 0 Å². The van der Waals surface area contributed by atoms with Crippen molar-refractivity contribution in [3.8, 4) is 0 Å². The average molecular weight is 286 g/mol. The molecular formula is C19H30N2. The van der Waals surface area contributed by atoms with E-state index in [1.165, 1.54) is 48.9 Å². The van der Waals surface area contributed by atoms with Crippen LogP contribution in [0.15, 0.2) is 12.1 Å². The SMILES string of the molecule is CNCC1CCCN(C2CC2)C1c1c(C)cc(C)cc1C. The number of benzene rings is 1. The van der Waals surface area contributed by atoms with Crippen molar-refractivity contribution < 1.29 is 0 Å². The molecule has 2 atom stereocenters. The number of aryl methyl sites for hydroxylation is 3. The molecule has 0 aromatic heterocycles. The smallest absolute Gasteiger partial charge is 0.0396 e. The third-order valence-corrected chi connectivity index (χ3v) is 5.31. The molecule has 116 valence electrons. The number of hydrogen-bond acceptors (Lipinski definition) is 2. The first kappa shape index (κ1) is 15.1. The summed E-state index contributed by atoms with van der Waals surface area (Å²) in [5.74, 6) is 0.754. The second-order valence-electron chi connectivity index (χ2n) is 7.19. The minimum atomic E-state index is 0.624. The van der Waals surface area contributed by atoms with E-state index in [9.17, 15) is 0 Å². The zero-order valence-electron chi connectivity index (χ0n) is 14.1. The highest BCUT2D eigenvalue weighted by Gasteiger charge is 2.41. The molecule has 0 radical (unpaired) electrons. The number of piperidine rings is 1. The van der Waals surface area contributed by atoms with Crippen molar-refractivity contribution in [3.63, 3.8) is 0 Å². The summed E-state index contributed by atoms with van der Waals surface area (Å²) in [4.78, 5) is 2.83. The maximum Gasteiger partial charge on any atom is 0.0396 e. The zero-order chi connectivity index (χ0) is 15.0. The third kappa shape index (κ3) is 3.02.